The highest BCUT2D eigenvalue weighted by atomic mass is 16.3. The lowest BCUT2D eigenvalue weighted by molar-refractivity contribution is 0.244. The van der Waals surface area contributed by atoms with Crippen LogP contribution in [0.4, 0.5) is 0 Å². The molecule has 0 saturated heterocycles. The Morgan fingerprint density at radius 1 is 1.32 bits per heavy atom. The van der Waals surface area contributed by atoms with Gasteiger partial charge in [-0.05, 0) is 36.7 Å². The first kappa shape index (κ1) is 13.7. The van der Waals surface area contributed by atoms with Gasteiger partial charge in [0.25, 0.3) is 0 Å². The summed E-state index contributed by atoms with van der Waals surface area (Å²) in [6.45, 7) is 2.04. The molecule has 3 nitrogen and oxygen atoms in total. The molecule has 3 heteroatoms. The van der Waals surface area contributed by atoms with Crippen molar-refractivity contribution in [3.8, 4) is 11.1 Å². The van der Waals surface area contributed by atoms with Crippen LogP contribution in [0.1, 0.15) is 12.0 Å². The Morgan fingerprint density at radius 2 is 2.21 bits per heavy atom. The van der Waals surface area contributed by atoms with Gasteiger partial charge in [0.15, 0.2) is 0 Å². The third-order valence-corrected chi connectivity index (χ3v) is 3.01. The first-order chi connectivity index (χ1) is 9.29. The van der Waals surface area contributed by atoms with Crippen molar-refractivity contribution in [2.45, 2.75) is 13.0 Å². The van der Waals surface area contributed by atoms with Gasteiger partial charge in [0.2, 0.25) is 0 Å². The lowest BCUT2D eigenvalue weighted by atomic mass is 10.0. The molecular weight excluding hydrogens is 236 g/mol. The van der Waals surface area contributed by atoms with Gasteiger partial charge in [-0.3, -0.25) is 4.98 Å². The Balaban J connectivity index is 2.07. The van der Waals surface area contributed by atoms with Crippen LogP contribution in [0.2, 0.25) is 0 Å². The van der Waals surface area contributed by atoms with E-state index in [1.54, 1.807) is 6.20 Å². The van der Waals surface area contributed by atoms with Crippen LogP contribution in [-0.4, -0.2) is 35.2 Å². The van der Waals surface area contributed by atoms with Crippen LogP contribution in [0.3, 0.4) is 0 Å². The van der Waals surface area contributed by atoms with E-state index in [1.807, 2.05) is 12.3 Å². The largest absolute Gasteiger partial charge is 0.396 e. The molecular formula is C16H19N2O. The summed E-state index contributed by atoms with van der Waals surface area (Å²) in [6.07, 6.45) is 4.33. The van der Waals surface area contributed by atoms with Gasteiger partial charge < -0.3 is 10.0 Å². The molecule has 1 N–H and O–H groups in total. The average molecular weight is 255 g/mol. The summed E-state index contributed by atoms with van der Waals surface area (Å²) in [6, 6.07) is 13.4. The third kappa shape index (κ3) is 4.16. The Kier molecular flexibility index (Phi) is 5.07. The summed E-state index contributed by atoms with van der Waals surface area (Å²) in [5, 5.41) is 8.84. The van der Waals surface area contributed by atoms with Crippen molar-refractivity contribution >= 4 is 0 Å². The van der Waals surface area contributed by atoms with E-state index in [2.05, 4.69) is 47.3 Å². The lowest BCUT2D eigenvalue weighted by Gasteiger charge is -2.16. The fourth-order valence-corrected chi connectivity index (χ4v) is 2.06. The molecule has 0 bridgehead atoms. The number of aliphatic hydroxyl groups excluding tert-OH is 1. The Morgan fingerprint density at radius 3 is 2.95 bits per heavy atom. The summed E-state index contributed by atoms with van der Waals surface area (Å²) in [5.74, 6) is 0. The smallest absolute Gasteiger partial charge is 0.0443 e. The second kappa shape index (κ2) is 7.02. The van der Waals surface area contributed by atoms with Crippen LogP contribution >= 0.6 is 0 Å². The number of hydrogen-bond donors (Lipinski definition) is 1. The zero-order chi connectivity index (χ0) is 13.5. The first-order valence-electron chi connectivity index (χ1n) is 6.49. The number of pyridine rings is 1. The van der Waals surface area contributed by atoms with E-state index in [1.165, 1.54) is 5.56 Å². The van der Waals surface area contributed by atoms with Gasteiger partial charge in [0.1, 0.15) is 0 Å². The van der Waals surface area contributed by atoms with Crippen LogP contribution in [0.5, 0.6) is 0 Å². The number of rotatable bonds is 6. The molecule has 99 valence electrons. The van der Waals surface area contributed by atoms with Crippen molar-refractivity contribution in [1.82, 2.24) is 9.88 Å². The van der Waals surface area contributed by atoms with E-state index in [0.29, 0.717) is 0 Å². The summed E-state index contributed by atoms with van der Waals surface area (Å²) < 4.78 is 0. The molecule has 0 fully saturated rings. The molecule has 1 radical (unpaired) electrons. The molecule has 1 aromatic heterocycles. The maximum atomic E-state index is 8.84. The van der Waals surface area contributed by atoms with E-state index < -0.39 is 0 Å². The van der Waals surface area contributed by atoms with Gasteiger partial charge in [-0.25, -0.2) is 0 Å². The average Bonchev–Trinajstić information content (AvgIpc) is 2.46. The fraction of sp³-hybridized carbons (Fsp3) is 0.312. The maximum absolute atomic E-state index is 8.84. The van der Waals surface area contributed by atoms with Gasteiger partial charge in [0, 0.05) is 43.7 Å². The fourth-order valence-electron chi connectivity index (χ4n) is 2.06. The minimum Gasteiger partial charge on any atom is -0.396 e. The Hall–Kier alpha value is -1.71. The predicted molar refractivity (Wildman–Crippen MR) is 76.5 cm³/mol. The lowest BCUT2D eigenvalue weighted by Crippen LogP contribution is -2.19. The summed E-state index contributed by atoms with van der Waals surface area (Å²) >= 11 is 0. The Bertz CT molecular complexity index is 499. The predicted octanol–water partition coefficient (Wildman–Crippen LogP) is 2.36. The summed E-state index contributed by atoms with van der Waals surface area (Å²) in [4.78, 5) is 6.31. The highest BCUT2D eigenvalue weighted by molar-refractivity contribution is 5.62. The molecule has 0 unspecified atom stereocenters. The van der Waals surface area contributed by atoms with Gasteiger partial charge in [0.05, 0.1) is 0 Å². The minimum absolute atomic E-state index is 0.246. The number of hydrogen-bond acceptors (Lipinski definition) is 3. The highest BCUT2D eigenvalue weighted by Gasteiger charge is 2.02. The third-order valence-electron chi connectivity index (χ3n) is 3.01. The van der Waals surface area contributed by atoms with Crippen LogP contribution in [0.15, 0.2) is 42.7 Å². The molecule has 0 spiro atoms. The maximum Gasteiger partial charge on any atom is 0.0443 e. The van der Waals surface area contributed by atoms with Crippen LogP contribution < -0.4 is 0 Å². The van der Waals surface area contributed by atoms with E-state index in [9.17, 15) is 0 Å². The molecule has 19 heavy (non-hydrogen) atoms. The minimum atomic E-state index is 0.246. The van der Waals surface area contributed by atoms with Gasteiger partial charge >= 0.3 is 0 Å². The molecule has 0 aliphatic rings. The van der Waals surface area contributed by atoms with Crippen molar-refractivity contribution < 1.29 is 5.11 Å². The zero-order valence-corrected chi connectivity index (χ0v) is 11.2. The highest BCUT2D eigenvalue weighted by Crippen LogP contribution is 2.19. The normalized spacial score (nSPS) is 10.9. The molecule has 1 aromatic carbocycles. The van der Waals surface area contributed by atoms with E-state index >= 15 is 0 Å². The molecule has 2 aromatic rings. The summed E-state index contributed by atoms with van der Waals surface area (Å²) in [7, 11) is 2.07. The van der Waals surface area contributed by atoms with Crippen LogP contribution in [-0.2, 0) is 6.54 Å². The van der Waals surface area contributed by atoms with Crippen LogP contribution in [0, 0.1) is 6.07 Å². The molecule has 0 aliphatic heterocycles. The Labute approximate surface area is 114 Å². The zero-order valence-electron chi connectivity index (χ0n) is 11.2. The van der Waals surface area contributed by atoms with E-state index in [0.717, 1.165) is 30.6 Å². The molecule has 0 amide bonds. The van der Waals surface area contributed by atoms with Crippen molar-refractivity contribution in [2.24, 2.45) is 0 Å². The molecule has 2 rings (SSSR count). The topological polar surface area (TPSA) is 36.4 Å². The molecule has 1 heterocycles. The van der Waals surface area contributed by atoms with Gasteiger partial charge in [-0.15, -0.1) is 0 Å². The SMILES string of the molecule is CN(CCCO)Cc1cccc(-c2c[c]cnc2)c1. The van der Waals surface area contributed by atoms with Crippen molar-refractivity contribution in [1.29, 1.82) is 0 Å². The van der Waals surface area contributed by atoms with Crippen molar-refractivity contribution in [2.75, 3.05) is 20.2 Å². The monoisotopic (exact) mass is 255 g/mol. The molecule has 0 saturated carbocycles. The van der Waals surface area contributed by atoms with Crippen LogP contribution in [0.25, 0.3) is 11.1 Å². The number of benzene rings is 1. The number of aromatic nitrogens is 1. The van der Waals surface area contributed by atoms with Crippen molar-refractivity contribution in [3.63, 3.8) is 0 Å². The molecule has 0 aliphatic carbocycles. The number of nitrogens with zero attached hydrogens (tertiary/aromatic N) is 2. The quantitative estimate of drug-likeness (QED) is 0.861. The van der Waals surface area contributed by atoms with E-state index in [4.69, 9.17) is 5.11 Å². The first-order valence-corrected chi connectivity index (χ1v) is 6.49. The van der Waals surface area contributed by atoms with Crippen molar-refractivity contribution in [3.05, 3.63) is 54.4 Å². The second-order valence-corrected chi connectivity index (χ2v) is 4.69. The standard InChI is InChI=1S/C16H19N2O/c1-18(9-4-10-19)13-14-5-2-6-15(11-14)16-7-3-8-17-12-16/h2,5-8,11-12,19H,4,9-10,13H2,1H3. The second-order valence-electron chi connectivity index (χ2n) is 4.69. The van der Waals surface area contributed by atoms with Gasteiger partial charge in [-0.1, -0.05) is 18.2 Å². The molecule has 0 atom stereocenters. The van der Waals surface area contributed by atoms with Gasteiger partial charge in [-0.2, -0.15) is 0 Å². The summed E-state index contributed by atoms with van der Waals surface area (Å²) in [5.41, 5.74) is 3.52. The van der Waals surface area contributed by atoms with E-state index in [-0.39, 0.29) is 6.61 Å². The number of aliphatic hydroxyl groups is 1.